The molecule has 0 saturated carbocycles. The van der Waals surface area contributed by atoms with Crippen LogP contribution >= 0.6 is 23.2 Å². The number of benzene rings is 1. The number of nitrogens with zero attached hydrogens (tertiary/aromatic N) is 3. The maximum atomic E-state index is 13.5. The number of nitrogens with one attached hydrogen (secondary N) is 1. The maximum absolute atomic E-state index is 13.5. The van der Waals surface area contributed by atoms with Crippen LogP contribution in [-0.4, -0.2) is 40.6 Å². The van der Waals surface area contributed by atoms with Crippen molar-refractivity contribution < 1.29 is 14.3 Å². The Balaban J connectivity index is 1.67. The average Bonchev–Trinajstić information content (AvgIpc) is 3.16. The smallest absolute Gasteiger partial charge is 0.271 e. The summed E-state index contributed by atoms with van der Waals surface area (Å²) in [5, 5.41) is 12.8. The molecule has 1 amide bonds. The van der Waals surface area contributed by atoms with Gasteiger partial charge in [0.15, 0.2) is 5.69 Å². The van der Waals surface area contributed by atoms with E-state index in [1.165, 1.54) is 18.3 Å². The number of aliphatic hydroxyl groups excluding tert-OH is 1. The summed E-state index contributed by atoms with van der Waals surface area (Å²) in [4.78, 5) is 22.8. The van der Waals surface area contributed by atoms with E-state index in [2.05, 4.69) is 15.3 Å². The third kappa shape index (κ3) is 4.23. The minimum Gasteiger partial charge on any atom is -0.387 e. The molecule has 9 heteroatoms. The predicted octanol–water partition coefficient (Wildman–Crippen LogP) is 2.99. The molecule has 1 aliphatic heterocycles. The van der Waals surface area contributed by atoms with E-state index in [0.717, 1.165) is 32.0 Å². The van der Waals surface area contributed by atoms with Gasteiger partial charge in [-0.3, -0.25) is 4.79 Å². The number of hydrogen-bond acceptors (Lipinski definition) is 5. The number of hydrogen-bond donors (Lipinski definition) is 2. The largest absolute Gasteiger partial charge is 0.387 e. The van der Waals surface area contributed by atoms with Crippen LogP contribution in [0.25, 0.3) is 0 Å². The highest BCUT2D eigenvalue weighted by Crippen LogP contribution is 2.21. The van der Waals surface area contributed by atoms with Crippen LogP contribution < -0.4 is 10.2 Å². The molecule has 1 aromatic carbocycles. The average molecular weight is 399 g/mol. The molecule has 6 nitrogen and oxygen atoms in total. The lowest BCUT2D eigenvalue weighted by molar-refractivity contribution is 0.0911. The Morgan fingerprint density at radius 3 is 2.73 bits per heavy atom. The molecule has 0 spiro atoms. The fourth-order valence-corrected chi connectivity index (χ4v) is 2.99. The molecule has 1 fully saturated rings. The summed E-state index contributed by atoms with van der Waals surface area (Å²) in [6.45, 7) is 1.55. The van der Waals surface area contributed by atoms with Gasteiger partial charge in [0.2, 0.25) is 5.95 Å². The summed E-state index contributed by atoms with van der Waals surface area (Å²) < 4.78 is 13.5. The second-order valence-corrected chi connectivity index (χ2v) is 6.77. The fourth-order valence-electron chi connectivity index (χ4n) is 2.70. The first-order chi connectivity index (χ1) is 12.5. The van der Waals surface area contributed by atoms with Crippen molar-refractivity contribution in [1.29, 1.82) is 0 Å². The van der Waals surface area contributed by atoms with E-state index in [9.17, 15) is 14.3 Å². The first-order valence-electron chi connectivity index (χ1n) is 8.14. The summed E-state index contributed by atoms with van der Waals surface area (Å²) in [6, 6.07) is 3.97. The topological polar surface area (TPSA) is 78.3 Å². The summed E-state index contributed by atoms with van der Waals surface area (Å²) in [5.41, 5.74) is 0.344. The van der Waals surface area contributed by atoms with Gasteiger partial charge in [-0.2, -0.15) is 0 Å². The minimum absolute atomic E-state index is 0.0350. The van der Waals surface area contributed by atoms with Gasteiger partial charge in [-0.15, -0.1) is 0 Å². The number of rotatable bonds is 5. The zero-order valence-electron chi connectivity index (χ0n) is 13.8. The SMILES string of the molecule is O=C(NCC(O)c1ccc(Cl)c(F)c1)c1nc(N2CCCC2)ncc1Cl. The summed E-state index contributed by atoms with van der Waals surface area (Å²) >= 11 is 11.7. The van der Waals surface area contributed by atoms with Crippen LogP contribution in [0.2, 0.25) is 10.0 Å². The lowest BCUT2D eigenvalue weighted by Crippen LogP contribution is -2.30. The first-order valence-corrected chi connectivity index (χ1v) is 8.90. The molecule has 1 aliphatic rings. The number of aromatic nitrogens is 2. The van der Waals surface area contributed by atoms with Crippen molar-refractivity contribution >= 4 is 35.1 Å². The van der Waals surface area contributed by atoms with Gasteiger partial charge in [-0.1, -0.05) is 29.3 Å². The van der Waals surface area contributed by atoms with Crippen LogP contribution in [0.15, 0.2) is 24.4 Å². The van der Waals surface area contributed by atoms with Crippen LogP contribution in [0.4, 0.5) is 10.3 Å². The van der Waals surface area contributed by atoms with E-state index >= 15 is 0 Å². The maximum Gasteiger partial charge on any atom is 0.271 e. The number of anilines is 1. The molecule has 138 valence electrons. The second kappa shape index (κ2) is 8.16. The molecule has 1 saturated heterocycles. The van der Waals surface area contributed by atoms with Crippen LogP contribution in [0.1, 0.15) is 35.0 Å². The summed E-state index contributed by atoms with van der Waals surface area (Å²) in [5.74, 6) is -0.715. The van der Waals surface area contributed by atoms with Crippen molar-refractivity contribution in [2.45, 2.75) is 18.9 Å². The normalized spacial score (nSPS) is 15.2. The van der Waals surface area contributed by atoms with E-state index < -0.39 is 17.8 Å². The Morgan fingerprint density at radius 2 is 2.04 bits per heavy atom. The standard InChI is InChI=1S/C17H17Cl2FN4O2/c18-11-4-3-10(7-13(11)20)14(25)9-21-16(26)15-12(19)8-22-17(23-15)24-5-1-2-6-24/h3-4,7-8,14,25H,1-2,5-6,9H2,(H,21,26). The highest BCUT2D eigenvalue weighted by Gasteiger charge is 2.20. The first kappa shape index (κ1) is 18.8. The molecule has 0 aliphatic carbocycles. The molecule has 3 rings (SSSR count). The lowest BCUT2D eigenvalue weighted by Gasteiger charge is -2.16. The highest BCUT2D eigenvalue weighted by atomic mass is 35.5. The predicted molar refractivity (Wildman–Crippen MR) is 97.2 cm³/mol. The van der Waals surface area contributed by atoms with Crippen LogP contribution in [-0.2, 0) is 0 Å². The Hall–Kier alpha value is -1.96. The number of carbonyl (C=O) groups is 1. The van der Waals surface area contributed by atoms with E-state index in [4.69, 9.17) is 23.2 Å². The molecule has 2 N–H and O–H groups in total. The molecular formula is C17H17Cl2FN4O2. The Kier molecular flexibility index (Phi) is 5.90. The van der Waals surface area contributed by atoms with Gasteiger partial charge >= 0.3 is 0 Å². The van der Waals surface area contributed by atoms with Gasteiger partial charge < -0.3 is 15.3 Å². The van der Waals surface area contributed by atoms with Crippen LogP contribution in [0, 0.1) is 5.82 Å². The van der Waals surface area contributed by atoms with Gasteiger partial charge in [0.25, 0.3) is 5.91 Å². The molecule has 2 heterocycles. The van der Waals surface area contributed by atoms with E-state index in [1.807, 2.05) is 4.90 Å². The molecule has 0 radical (unpaired) electrons. The zero-order valence-corrected chi connectivity index (χ0v) is 15.3. The van der Waals surface area contributed by atoms with Crippen molar-refractivity contribution in [2.75, 3.05) is 24.5 Å². The van der Waals surface area contributed by atoms with Crippen molar-refractivity contribution in [3.63, 3.8) is 0 Å². The van der Waals surface area contributed by atoms with Gasteiger partial charge in [0.1, 0.15) is 5.82 Å². The molecular weight excluding hydrogens is 382 g/mol. The molecule has 1 aromatic heterocycles. The quantitative estimate of drug-likeness (QED) is 0.809. The van der Waals surface area contributed by atoms with Crippen molar-refractivity contribution in [2.24, 2.45) is 0 Å². The number of halogens is 3. The molecule has 2 aromatic rings. The zero-order chi connectivity index (χ0) is 18.7. The monoisotopic (exact) mass is 398 g/mol. The second-order valence-electron chi connectivity index (χ2n) is 5.96. The highest BCUT2D eigenvalue weighted by molar-refractivity contribution is 6.33. The minimum atomic E-state index is -1.09. The Morgan fingerprint density at radius 1 is 1.31 bits per heavy atom. The van der Waals surface area contributed by atoms with Gasteiger partial charge in [-0.25, -0.2) is 14.4 Å². The Labute approximate surface area is 160 Å². The summed E-state index contributed by atoms with van der Waals surface area (Å²) in [6.07, 6.45) is 2.40. The van der Waals surface area contributed by atoms with E-state index in [1.54, 1.807) is 0 Å². The lowest BCUT2D eigenvalue weighted by atomic mass is 10.1. The van der Waals surface area contributed by atoms with Crippen LogP contribution in [0.3, 0.4) is 0 Å². The molecule has 26 heavy (non-hydrogen) atoms. The number of amides is 1. The van der Waals surface area contributed by atoms with E-state index in [-0.39, 0.29) is 22.3 Å². The number of aliphatic hydroxyl groups is 1. The van der Waals surface area contributed by atoms with Crippen molar-refractivity contribution in [1.82, 2.24) is 15.3 Å². The van der Waals surface area contributed by atoms with E-state index in [0.29, 0.717) is 11.5 Å². The Bertz CT molecular complexity index is 815. The van der Waals surface area contributed by atoms with Crippen LogP contribution in [0.5, 0.6) is 0 Å². The van der Waals surface area contributed by atoms with Crippen molar-refractivity contribution in [3.05, 3.63) is 51.5 Å². The fraction of sp³-hybridized carbons (Fsp3) is 0.353. The van der Waals surface area contributed by atoms with Crippen molar-refractivity contribution in [3.8, 4) is 0 Å². The third-order valence-corrected chi connectivity index (χ3v) is 4.70. The third-order valence-electron chi connectivity index (χ3n) is 4.12. The molecule has 1 unspecified atom stereocenters. The molecule has 0 bridgehead atoms. The number of carbonyl (C=O) groups excluding carboxylic acids is 1. The van der Waals surface area contributed by atoms with Gasteiger partial charge in [-0.05, 0) is 30.5 Å². The van der Waals surface area contributed by atoms with Gasteiger partial charge in [0.05, 0.1) is 22.3 Å². The van der Waals surface area contributed by atoms with Gasteiger partial charge in [0, 0.05) is 19.6 Å². The summed E-state index contributed by atoms with van der Waals surface area (Å²) in [7, 11) is 0. The molecule has 1 atom stereocenters.